The van der Waals surface area contributed by atoms with Crippen molar-refractivity contribution in [3.8, 4) is 5.75 Å². The Morgan fingerprint density at radius 1 is 1.00 bits per heavy atom. The largest absolute Gasteiger partial charge is 0.497 e. The summed E-state index contributed by atoms with van der Waals surface area (Å²) in [6.45, 7) is 12.0. The Labute approximate surface area is 171 Å². The van der Waals surface area contributed by atoms with E-state index in [-0.39, 0.29) is 0 Å². The average molecular weight is 385 g/mol. The first kappa shape index (κ1) is 24.8. The molecular formula is C25H33ClO. The first-order chi connectivity index (χ1) is 12.9. The molecule has 0 spiro atoms. The van der Waals surface area contributed by atoms with Gasteiger partial charge in [-0.15, -0.1) is 0 Å². The smallest absolute Gasteiger partial charge is 0.118 e. The minimum atomic E-state index is 0.801. The standard InChI is InChI=1S/C10H16.C8H10O.C7H7Cl/c1-4-6-7-9-10(3)8-5-2;1-7-3-5-8(9-2)6-4-7;1-6-2-4-7(8)5-3-6/h5,7-9H,2,4,6H2,1,3H3;3-6H,1-2H3;2-5H,1H3/b9-7-,10-8-;;. The molecule has 0 atom stereocenters. The molecule has 0 heterocycles. The first-order valence-corrected chi connectivity index (χ1v) is 9.59. The summed E-state index contributed by atoms with van der Waals surface area (Å²) in [6, 6.07) is 15.7. The summed E-state index contributed by atoms with van der Waals surface area (Å²) < 4.78 is 4.97. The van der Waals surface area contributed by atoms with Gasteiger partial charge in [-0.2, -0.15) is 0 Å². The van der Waals surface area contributed by atoms with Crippen LogP contribution in [-0.4, -0.2) is 7.11 Å². The molecule has 0 bridgehead atoms. The normalized spacial score (nSPS) is 10.4. The van der Waals surface area contributed by atoms with Crippen LogP contribution in [0.5, 0.6) is 5.75 Å². The van der Waals surface area contributed by atoms with Crippen molar-refractivity contribution in [1.29, 1.82) is 0 Å². The van der Waals surface area contributed by atoms with E-state index in [4.69, 9.17) is 16.3 Å². The zero-order valence-electron chi connectivity index (χ0n) is 17.3. The molecule has 0 aliphatic carbocycles. The third-order valence-electron chi connectivity index (χ3n) is 3.48. The van der Waals surface area contributed by atoms with Gasteiger partial charge in [0, 0.05) is 5.02 Å². The fourth-order valence-electron chi connectivity index (χ4n) is 1.88. The molecule has 0 aliphatic heterocycles. The SMILES string of the molecule is C=C/C=C(C)\C=C/CCC.COc1ccc(C)cc1.Cc1ccc(Cl)cc1. The van der Waals surface area contributed by atoms with E-state index >= 15 is 0 Å². The molecular weight excluding hydrogens is 352 g/mol. The maximum Gasteiger partial charge on any atom is 0.118 e. The highest BCUT2D eigenvalue weighted by molar-refractivity contribution is 6.30. The van der Waals surface area contributed by atoms with Crippen LogP contribution in [0.15, 0.2) is 85.0 Å². The molecule has 0 saturated carbocycles. The first-order valence-electron chi connectivity index (χ1n) is 9.21. The van der Waals surface area contributed by atoms with Crippen LogP contribution in [0.1, 0.15) is 37.8 Å². The van der Waals surface area contributed by atoms with E-state index < -0.39 is 0 Å². The number of ether oxygens (including phenoxy) is 1. The molecule has 146 valence electrons. The molecule has 0 aromatic heterocycles. The number of hydrogen-bond acceptors (Lipinski definition) is 1. The quantitative estimate of drug-likeness (QED) is 0.472. The molecule has 27 heavy (non-hydrogen) atoms. The topological polar surface area (TPSA) is 9.23 Å². The van der Waals surface area contributed by atoms with E-state index in [0.717, 1.165) is 10.8 Å². The lowest BCUT2D eigenvalue weighted by Crippen LogP contribution is -1.80. The van der Waals surface area contributed by atoms with Gasteiger partial charge >= 0.3 is 0 Å². The van der Waals surface area contributed by atoms with Crippen molar-refractivity contribution in [2.45, 2.75) is 40.5 Å². The number of hydrogen-bond donors (Lipinski definition) is 0. The van der Waals surface area contributed by atoms with Crippen molar-refractivity contribution >= 4 is 11.6 Å². The zero-order chi connectivity index (χ0) is 20.5. The van der Waals surface area contributed by atoms with Crippen LogP contribution in [0.4, 0.5) is 0 Å². The lowest BCUT2D eigenvalue weighted by molar-refractivity contribution is 0.414. The second-order valence-corrected chi connectivity index (χ2v) is 6.59. The Hall–Kier alpha value is -2.25. The van der Waals surface area contributed by atoms with E-state index in [1.165, 1.54) is 29.5 Å². The van der Waals surface area contributed by atoms with Crippen molar-refractivity contribution in [3.05, 3.63) is 101 Å². The van der Waals surface area contributed by atoms with Crippen LogP contribution < -0.4 is 4.74 Å². The highest BCUT2D eigenvalue weighted by Crippen LogP contribution is 2.09. The van der Waals surface area contributed by atoms with E-state index in [1.54, 1.807) is 7.11 Å². The minimum Gasteiger partial charge on any atom is -0.497 e. The number of rotatable bonds is 5. The summed E-state index contributed by atoms with van der Waals surface area (Å²) in [5, 5.41) is 0.801. The van der Waals surface area contributed by atoms with Crippen LogP contribution in [0.3, 0.4) is 0 Å². The highest BCUT2D eigenvalue weighted by atomic mass is 35.5. The molecule has 0 amide bonds. The van der Waals surface area contributed by atoms with E-state index in [0.29, 0.717) is 0 Å². The number of halogens is 1. The summed E-state index contributed by atoms with van der Waals surface area (Å²) >= 11 is 5.61. The predicted molar refractivity (Wildman–Crippen MR) is 122 cm³/mol. The Balaban J connectivity index is 0.000000377. The Morgan fingerprint density at radius 3 is 1.93 bits per heavy atom. The fourth-order valence-corrected chi connectivity index (χ4v) is 2.01. The molecule has 0 fully saturated rings. The highest BCUT2D eigenvalue weighted by Gasteiger charge is 1.85. The zero-order valence-corrected chi connectivity index (χ0v) is 18.1. The van der Waals surface area contributed by atoms with Gasteiger partial charge in [0.25, 0.3) is 0 Å². The Morgan fingerprint density at radius 2 is 1.52 bits per heavy atom. The summed E-state index contributed by atoms with van der Waals surface area (Å²) in [4.78, 5) is 0. The van der Waals surface area contributed by atoms with E-state index in [1.807, 2.05) is 67.6 Å². The third-order valence-corrected chi connectivity index (χ3v) is 3.74. The molecule has 1 nitrogen and oxygen atoms in total. The molecule has 2 aromatic rings. The summed E-state index contributed by atoms with van der Waals surface area (Å²) in [7, 11) is 1.67. The van der Waals surface area contributed by atoms with Gasteiger partial charge in [0.1, 0.15) is 5.75 Å². The third kappa shape index (κ3) is 14.6. The van der Waals surface area contributed by atoms with Gasteiger partial charge in [-0.3, -0.25) is 0 Å². The number of allylic oxidation sites excluding steroid dienone is 5. The number of benzene rings is 2. The van der Waals surface area contributed by atoms with Crippen LogP contribution in [-0.2, 0) is 0 Å². The maximum absolute atomic E-state index is 5.61. The second-order valence-electron chi connectivity index (χ2n) is 6.15. The predicted octanol–water partition coefficient (Wildman–Crippen LogP) is 8.13. The molecule has 2 rings (SSSR count). The van der Waals surface area contributed by atoms with Crippen molar-refractivity contribution in [3.63, 3.8) is 0 Å². The van der Waals surface area contributed by atoms with E-state index in [2.05, 4.69) is 39.5 Å². The maximum atomic E-state index is 5.61. The van der Waals surface area contributed by atoms with Gasteiger partial charge in [0.2, 0.25) is 0 Å². The molecule has 2 heteroatoms. The van der Waals surface area contributed by atoms with Crippen LogP contribution in [0.2, 0.25) is 5.02 Å². The molecule has 0 saturated heterocycles. The number of aryl methyl sites for hydroxylation is 2. The summed E-state index contributed by atoms with van der Waals surface area (Å²) in [5.74, 6) is 0.917. The van der Waals surface area contributed by atoms with Crippen LogP contribution >= 0.6 is 11.6 Å². The summed E-state index contributed by atoms with van der Waals surface area (Å²) in [6.07, 6.45) is 10.5. The summed E-state index contributed by atoms with van der Waals surface area (Å²) in [5.41, 5.74) is 3.77. The van der Waals surface area contributed by atoms with Gasteiger partial charge in [-0.05, 0) is 51.5 Å². The van der Waals surface area contributed by atoms with Gasteiger partial charge in [0.05, 0.1) is 7.11 Å². The van der Waals surface area contributed by atoms with E-state index in [9.17, 15) is 0 Å². The molecule has 0 aliphatic rings. The Kier molecular flexibility index (Phi) is 14.6. The molecule has 0 radical (unpaired) electrons. The lowest BCUT2D eigenvalue weighted by atomic mass is 10.2. The average Bonchev–Trinajstić information content (AvgIpc) is 2.66. The van der Waals surface area contributed by atoms with Crippen molar-refractivity contribution in [1.82, 2.24) is 0 Å². The molecule has 0 unspecified atom stereocenters. The second kappa shape index (κ2) is 16.0. The fraction of sp³-hybridized carbons (Fsp3) is 0.280. The molecule has 2 aromatic carbocycles. The lowest BCUT2D eigenvalue weighted by Gasteiger charge is -1.97. The van der Waals surface area contributed by atoms with Crippen molar-refractivity contribution in [2.75, 3.05) is 7.11 Å². The van der Waals surface area contributed by atoms with Crippen LogP contribution in [0, 0.1) is 13.8 Å². The van der Waals surface area contributed by atoms with Gasteiger partial charge in [-0.25, -0.2) is 0 Å². The number of methoxy groups -OCH3 is 1. The minimum absolute atomic E-state index is 0.801. The van der Waals surface area contributed by atoms with Gasteiger partial charge in [-0.1, -0.05) is 96.8 Å². The Bertz CT molecular complexity index is 658. The van der Waals surface area contributed by atoms with Gasteiger partial charge in [0.15, 0.2) is 0 Å². The van der Waals surface area contributed by atoms with Crippen LogP contribution in [0.25, 0.3) is 0 Å². The van der Waals surface area contributed by atoms with Crippen molar-refractivity contribution < 1.29 is 4.74 Å². The van der Waals surface area contributed by atoms with Crippen molar-refractivity contribution in [2.24, 2.45) is 0 Å². The molecule has 0 N–H and O–H groups in total. The monoisotopic (exact) mass is 384 g/mol. The van der Waals surface area contributed by atoms with Gasteiger partial charge < -0.3 is 4.74 Å². The number of unbranched alkanes of at least 4 members (excludes halogenated alkanes) is 1.